The molecule has 7 heteroatoms. The van der Waals surface area contributed by atoms with Gasteiger partial charge >= 0.3 is 5.97 Å². The predicted octanol–water partition coefficient (Wildman–Crippen LogP) is 3.27. The average molecular weight is 383 g/mol. The fraction of sp³-hybridized carbons (Fsp3) is 0.476. The monoisotopic (exact) mass is 383 g/mol. The molecule has 0 aliphatic carbocycles. The molecule has 2 fully saturated rings. The summed E-state index contributed by atoms with van der Waals surface area (Å²) in [4.78, 5) is 27.6. The number of rotatable bonds is 6. The van der Waals surface area contributed by atoms with Crippen molar-refractivity contribution in [3.63, 3.8) is 0 Å². The van der Waals surface area contributed by atoms with Crippen LogP contribution in [0.1, 0.15) is 42.5 Å². The van der Waals surface area contributed by atoms with E-state index >= 15 is 0 Å². The second kappa shape index (κ2) is 8.04. The number of carbonyl (C=O) groups excluding carboxylic acids is 1. The van der Waals surface area contributed by atoms with Crippen molar-refractivity contribution < 1.29 is 19.2 Å². The summed E-state index contributed by atoms with van der Waals surface area (Å²) >= 11 is 0. The van der Waals surface area contributed by atoms with Crippen molar-refractivity contribution in [2.24, 2.45) is 5.92 Å². The Morgan fingerprint density at radius 1 is 1.18 bits per heavy atom. The zero-order valence-electron chi connectivity index (χ0n) is 15.8. The Labute approximate surface area is 163 Å². The minimum atomic E-state index is -1.02. The van der Waals surface area contributed by atoms with Crippen molar-refractivity contribution >= 4 is 17.7 Å². The number of anilines is 1. The number of nitrogens with zero attached hydrogens (tertiary/aromatic N) is 3. The Balaban J connectivity index is 1.41. The summed E-state index contributed by atoms with van der Waals surface area (Å²) in [7, 11) is 0. The van der Waals surface area contributed by atoms with Crippen LogP contribution in [-0.4, -0.2) is 53.2 Å². The van der Waals surface area contributed by atoms with Crippen molar-refractivity contribution in [3.8, 4) is 11.3 Å². The molecule has 4 rings (SSSR count). The van der Waals surface area contributed by atoms with Crippen molar-refractivity contribution in [2.75, 3.05) is 31.1 Å². The van der Waals surface area contributed by atoms with Gasteiger partial charge in [-0.15, -0.1) is 0 Å². The van der Waals surface area contributed by atoms with Gasteiger partial charge in [0.2, 0.25) is 5.91 Å². The lowest BCUT2D eigenvalue weighted by Gasteiger charge is -2.32. The van der Waals surface area contributed by atoms with Gasteiger partial charge in [0, 0.05) is 38.2 Å². The lowest BCUT2D eigenvalue weighted by Crippen LogP contribution is -2.36. The molecular formula is C21H25N3O4. The normalized spacial score (nSPS) is 18.1. The first-order valence-electron chi connectivity index (χ1n) is 9.94. The van der Waals surface area contributed by atoms with E-state index in [0.29, 0.717) is 29.5 Å². The summed E-state index contributed by atoms with van der Waals surface area (Å²) in [5, 5.41) is 13.8. The average Bonchev–Trinajstić information content (AvgIpc) is 3.34. The first-order valence-corrected chi connectivity index (χ1v) is 9.94. The highest BCUT2D eigenvalue weighted by Gasteiger charge is 2.30. The quantitative estimate of drug-likeness (QED) is 0.824. The number of benzene rings is 1. The molecule has 3 heterocycles. The smallest absolute Gasteiger partial charge is 0.343 e. The number of piperidine rings is 1. The largest absolute Gasteiger partial charge is 0.477 e. The van der Waals surface area contributed by atoms with Crippen LogP contribution in [0.4, 0.5) is 5.82 Å². The molecule has 1 N–H and O–H groups in total. The molecule has 0 radical (unpaired) electrons. The van der Waals surface area contributed by atoms with E-state index in [1.165, 1.54) is 0 Å². The molecular weight excluding hydrogens is 358 g/mol. The van der Waals surface area contributed by atoms with Crippen molar-refractivity contribution in [2.45, 2.75) is 32.1 Å². The molecule has 0 saturated carbocycles. The van der Waals surface area contributed by atoms with Crippen LogP contribution in [0.3, 0.4) is 0 Å². The lowest BCUT2D eigenvalue weighted by molar-refractivity contribution is -0.127. The van der Waals surface area contributed by atoms with Gasteiger partial charge in [0.05, 0.1) is 0 Å². The molecule has 2 saturated heterocycles. The van der Waals surface area contributed by atoms with Crippen molar-refractivity contribution in [3.05, 3.63) is 35.9 Å². The highest BCUT2D eigenvalue weighted by Crippen LogP contribution is 2.34. The molecule has 7 nitrogen and oxygen atoms in total. The van der Waals surface area contributed by atoms with Crippen LogP contribution in [0.5, 0.6) is 0 Å². The maximum atomic E-state index is 11.9. The molecule has 28 heavy (non-hydrogen) atoms. The fourth-order valence-electron chi connectivity index (χ4n) is 4.19. The summed E-state index contributed by atoms with van der Waals surface area (Å²) in [6.07, 6.45) is 4.61. The van der Waals surface area contributed by atoms with Crippen LogP contribution < -0.4 is 4.90 Å². The molecule has 2 aromatic rings. The Kier molecular flexibility index (Phi) is 5.32. The van der Waals surface area contributed by atoms with E-state index in [4.69, 9.17) is 4.52 Å². The first kappa shape index (κ1) is 18.5. The second-order valence-corrected chi connectivity index (χ2v) is 7.58. The molecule has 1 aromatic heterocycles. The van der Waals surface area contributed by atoms with E-state index in [9.17, 15) is 14.7 Å². The van der Waals surface area contributed by atoms with E-state index < -0.39 is 5.97 Å². The zero-order valence-corrected chi connectivity index (χ0v) is 15.8. The van der Waals surface area contributed by atoms with E-state index in [2.05, 4.69) is 5.16 Å². The number of carboxylic acid groups (broad SMARTS) is 1. The highest BCUT2D eigenvalue weighted by atomic mass is 16.5. The molecule has 0 unspecified atom stereocenters. The van der Waals surface area contributed by atoms with Gasteiger partial charge in [-0.2, -0.15) is 0 Å². The number of amides is 1. The molecule has 2 aliphatic rings. The van der Waals surface area contributed by atoms with Gasteiger partial charge in [-0.1, -0.05) is 35.5 Å². The maximum Gasteiger partial charge on any atom is 0.343 e. The van der Waals surface area contributed by atoms with Gasteiger partial charge in [-0.25, -0.2) is 4.79 Å². The van der Waals surface area contributed by atoms with Gasteiger partial charge in [0.1, 0.15) is 0 Å². The molecule has 148 valence electrons. The third kappa shape index (κ3) is 3.74. The highest BCUT2D eigenvalue weighted by molar-refractivity contribution is 5.99. The Morgan fingerprint density at radius 3 is 2.57 bits per heavy atom. The third-order valence-corrected chi connectivity index (χ3v) is 5.82. The molecule has 0 bridgehead atoms. The number of aromatic carboxylic acids is 1. The van der Waals surface area contributed by atoms with E-state index in [0.717, 1.165) is 51.9 Å². The van der Waals surface area contributed by atoms with Crippen LogP contribution >= 0.6 is 0 Å². The van der Waals surface area contributed by atoms with E-state index in [-0.39, 0.29) is 11.5 Å². The number of likely N-dealkylation sites (tertiary alicyclic amines) is 1. The van der Waals surface area contributed by atoms with Crippen LogP contribution in [-0.2, 0) is 4.79 Å². The second-order valence-electron chi connectivity index (χ2n) is 7.58. The first-order chi connectivity index (χ1) is 13.6. The standard InChI is InChI=1S/C21H25N3O4/c25-17-7-4-11-23(17)12-8-15-9-13-24(14-10-15)20-18(21(26)27)19(28-22-20)16-5-2-1-3-6-16/h1-3,5-6,15H,4,7-14H2,(H,26,27). The summed E-state index contributed by atoms with van der Waals surface area (Å²) in [6, 6.07) is 9.21. The number of hydrogen-bond donors (Lipinski definition) is 1. The molecule has 0 spiro atoms. The molecule has 0 atom stereocenters. The minimum absolute atomic E-state index is 0.132. The van der Waals surface area contributed by atoms with Gasteiger partial charge in [-0.05, 0) is 31.6 Å². The van der Waals surface area contributed by atoms with Crippen LogP contribution in [0.2, 0.25) is 0 Å². The lowest BCUT2D eigenvalue weighted by atomic mass is 9.93. The molecule has 1 amide bonds. The molecule has 2 aliphatic heterocycles. The van der Waals surface area contributed by atoms with E-state index in [1.54, 1.807) is 0 Å². The zero-order chi connectivity index (χ0) is 19.5. The maximum absolute atomic E-state index is 11.9. The predicted molar refractivity (Wildman–Crippen MR) is 104 cm³/mol. The fourth-order valence-corrected chi connectivity index (χ4v) is 4.19. The van der Waals surface area contributed by atoms with Gasteiger partial charge in [0.15, 0.2) is 17.1 Å². The summed E-state index contributed by atoms with van der Waals surface area (Å²) < 4.78 is 5.43. The topological polar surface area (TPSA) is 86.9 Å². The van der Waals surface area contributed by atoms with Crippen LogP contribution in [0, 0.1) is 5.92 Å². The SMILES string of the molecule is O=C(O)c1c(N2CCC(CCN3CCCC3=O)CC2)noc1-c1ccccc1. The Hall–Kier alpha value is -2.83. The van der Waals surface area contributed by atoms with Gasteiger partial charge in [0.25, 0.3) is 0 Å². The summed E-state index contributed by atoms with van der Waals surface area (Å²) in [5.41, 5.74) is 0.844. The Bertz CT molecular complexity index is 841. The van der Waals surface area contributed by atoms with Gasteiger partial charge < -0.3 is 19.4 Å². The van der Waals surface area contributed by atoms with E-state index in [1.807, 2.05) is 40.1 Å². The number of carbonyl (C=O) groups is 2. The third-order valence-electron chi connectivity index (χ3n) is 5.82. The van der Waals surface area contributed by atoms with Crippen molar-refractivity contribution in [1.29, 1.82) is 0 Å². The summed E-state index contributed by atoms with van der Waals surface area (Å²) in [5.74, 6) is 0.528. The number of carboxylic acids is 1. The van der Waals surface area contributed by atoms with Crippen LogP contribution in [0.25, 0.3) is 11.3 Å². The minimum Gasteiger partial charge on any atom is -0.477 e. The Morgan fingerprint density at radius 2 is 1.93 bits per heavy atom. The van der Waals surface area contributed by atoms with Gasteiger partial charge in [-0.3, -0.25) is 4.79 Å². The molecule has 1 aromatic carbocycles. The number of hydrogen-bond acceptors (Lipinski definition) is 5. The van der Waals surface area contributed by atoms with Crippen LogP contribution in [0.15, 0.2) is 34.9 Å². The van der Waals surface area contributed by atoms with Crippen molar-refractivity contribution in [1.82, 2.24) is 10.1 Å². The summed E-state index contributed by atoms with van der Waals surface area (Å²) in [6.45, 7) is 3.23. The number of aromatic nitrogens is 1.